The van der Waals surface area contributed by atoms with Gasteiger partial charge in [0.15, 0.2) is 0 Å². The second-order valence-electron chi connectivity index (χ2n) is 5.04. The lowest BCUT2D eigenvalue weighted by atomic mass is 10.1. The van der Waals surface area contributed by atoms with E-state index in [9.17, 15) is 0 Å². The Morgan fingerprint density at radius 1 is 1.20 bits per heavy atom. The third kappa shape index (κ3) is 2.64. The summed E-state index contributed by atoms with van der Waals surface area (Å²) in [4.78, 5) is 4.55. The Morgan fingerprint density at radius 2 is 2.05 bits per heavy atom. The lowest BCUT2D eigenvalue weighted by Gasteiger charge is -2.10. The first-order valence-electron chi connectivity index (χ1n) is 6.82. The molecule has 1 N–H and O–H groups in total. The van der Waals surface area contributed by atoms with E-state index in [0.29, 0.717) is 0 Å². The molecule has 1 aromatic carbocycles. The predicted molar refractivity (Wildman–Crippen MR) is 81.9 cm³/mol. The third-order valence-corrected chi connectivity index (χ3v) is 3.26. The van der Waals surface area contributed by atoms with E-state index in [0.717, 1.165) is 35.4 Å². The molecule has 0 aliphatic heterocycles. The van der Waals surface area contributed by atoms with Gasteiger partial charge in [0.05, 0.1) is 18.3 Å². The monoisotopic (exact) mass is 266 g/mol. The highest BCUT2D eigenvalue weighted by Crippen LogP contribution is 2.22. The van der Waals surface area contributed by atoms with E-state index < -0.39 is 0 Å². The average Bonchev–Trinajstić information content (AvgIpc) is 2.84. The number of hydrogen-bond donors (Lipinski definition) is 1. The van der Waals surface area contributed by atoms with Crippen molar-refractivity contribution in [1.29, 1.82) is 0 Å². The molecule has 3 aromatic rings. The summed E-state index contributed by atoms with van der Waals surface area (Å²) in [5.41, 5.74) is 4.39. The number of para-hydroxylation sites is 1. The molecule has 0 bridgehead atoms. The van der Waals surface area contributed by atoms with Crippen LogP contribution >= 0.6 is 0 Å². The van der Waals surface area contributed by atoms with Gasteiger partial charge in [-0.25, -0.2) is 0 Å². The van der Waals surface area contributed by atoms with Gasteiger partial charge in [-0.05, 0) is 31.5 Å². The number of hydrogen-bond acceptors (Lipinski definition) is 3. The summed E-state index contributed by atoms with van der Waals surface area (Å²) in [5, 5.41) is 8.94. The number of pyridine rings is 1. The van der Waals surface area contributed by atoms with Crippen molar-refractivity contribution >= 4 is 16.6 Å². The van der Waals surface area contributed by atoms with E-state index >= 15 is 0 Å². The standard InChI is InChI=1S/C16H18N4/c1-12-10-18-20(11-12)8-7-17-16-9-13(2)19-15-6-4-3-5-14(15)16/h3-6,9-11H,7-8H2,1-2H3,(H,17,19). The maximum atomic E-state index is 4.55. The number of nitrogens with zero attached hydrogens (tertiary/aromatic N) is 3. The quantitative estimate of drug-likeness (QED) is 0.788. The van der Waals surface area contributed by atoms with E-state index in [4.69, 9.17) is 0 Å². The van der Waals surface area contributed by atoms with Crippen molar-refractivity contribution in [3.05, 3.63) is 54.0 Å². The highest BCUT2D eigenvalue weighted by Gasteiger charge is 2.03. The molecule has 0 fully saturated rings. The van der Waals surface area contributed by atoms with Gasteiger partial charge in [-0.15, -0.1) is 0 Å². The molecule has 0 saturated heterocycles. The molecule has 0 aliphatic rings. The highest BCUT2D eigenvalue weighted by atomic mass is 15.3. The van der Waals surface area contributed by atoms with Gasteiger partial charge in [0.2, 0.25) is 0 Å². The van der Waals surface area contributed by atoms with Gasteiger partial charge in [0.1, 0.15) is 0 Å². The Labute approximate surface area is 118 Å². The van der Waals surface area contributed by atoms with Crippen molar-refractivity contribution in [2.45, 2.75) is 20.4 Å². The Hall–Kier alpha value is -2.36. The van der Waals surface area contributed by atoms with E-state index in [2.05, 4.69) is 40.7 Å². The maximum Gasteiger partial charge on any atom is 0.0725 e. The number of aryl methyl sites for hydroxylation is 2. The van der Waals surface area contributed by atoms with E-state index in [1.165, 1.54) is 5.56 Å². The minimum absolute atomic E-state index is 0.842. The minimum Gasteiger partial charge on any atom is -0.383 e. The molecule has 3 rings (SSSR count). The summed E-state index contributed by atoms with van der Waals surface area (Å²) in [7, 11) is 0. The maximum absolute atomic E-state index is 4.55. The largest absolute Gasteiger partial charge is 0.383 e. The van der Waals surface area contributed by atoms with Crippen LogP contribution in [-0.2, 0) is 6.54 Å². The highest BCUT2D eigenvalue weighted by molar-refractivity contribution is 5.91. The summed E-state index contributed by atoms with van der Waals surface area (Å²) in [6.45, 7) is 5.77. The molecule has 2 aromatic heterocycles. The normalized spacial score (nSPS) is 10.9. The molecule has 0 radical (unpaired) electrons. The number of benzene rings is 1. The van der Waals surface area contributed by atoms with Crippen LogP contribution in [0.2, 0.25) is 0 Å². The molecule has 2 heterocycles. The molecular weight excluding hydrogens is 248 g/mol. The van der Waals surface area contributed by atoms with Crippen LogP contribution < -0.4 is 5.32 Å². The van der Waals surface area contributed by atoms with Gasteiger partial charge in [0, 0.05) is 29.5 Å². The first-order chi connectivity index (χ1) is 9.72. The van der Waals surface area contributed by atoms with Gasteiger partial charge >= 0.3 is 0 Å². The number of anilines is 1. The lowest BCUT2D eigenvalue weighted by Crippen LogP contribution is -2.11. The Bertz CT molecular complexity index is 730. The fourth-order valence-corrected chi connectivity index (χ4v) is 2.35. The second-order valence-corrected chi connectivity index (χ2v) is 5.04. The van der Waals surface area contributed by atoms with Gasteiger partial charge in [-0.2, -0.15) is 5.10 Å². The van der Waals surface area contributed by atoms with Crippen LogP contribution in [0.15, 0.2) is 42.7 Å². The summed E-state index contributed by atoms with van der Waals surface area (Å²) < 4.78 is 1.96. The Kier molecular flexibility index (Phi) is 3.37. The number of nitrogens with one attached hydrogen (secondary N) is 1. The van der Waals surface area contributed by atoms with Crippen LogP contribution in [0.1, 0.15) is 11.3 Å². The third-order valence-electron chi connectivity index (χ3n) is 3.26. The van der Waals surface area contributed by atoms with Gasteiger partial charge in [0.25, 0.3) is 0 Å². The molecule has 4 nitrogen and oxygen atoms in total. The van der Waals surface area contributed by atoms with Crippen LogP contribution in [0.4, 0.5) is 5.69 Å². The van der Waals surface area contributed by atoms with Crippen molar-refractivity contribution in [3.63, 3.8) is 0 Å². The van der Waals surface area contributed by atoms with Crippen molar-refractivity contribution in [3.8, 4) is 0 Å². The van der Waals surface area contributed by atoms with Gasteiger partial charge in [-0.1, -0.05) is 18.2 Å². The van der Waals surface area contributed by atoms with Crippen molar-refractivity contribution in [1.82, 2.24) is 14.8 Å². The summed E-state index contributed by atoms with van der Waals surface area (Å²) in [6.07, 6.45) is 3.93. The average molecular weight is 266 g/mol. The molecular formula is C16H18N4. The molecule has 4 heteroatoms. The molecule has 20 heavy (non-hydrogen) atoms. The SMILES string of the molecule is Cc1cnn(CCNc2cc(C)nc3ccccc23)c1. The molecule has 0 amide bonds. The number of fused-ring (bicyclic) bond motifs is 1. The van der Waals surface area contributed by atoms with E-state index in [1.54, 1.807) is 0 Å². The minimum atomic E-state index is 0.842. The second kappa shape index (κ2) is 5.33. The van der Waals surface area contributed by atoms with Crippen molar-refractivity contribution in [2.75, 3.05) is 11.9 Å². The lowest BCUT2D eigenvalue weighted by molar-refractivity contribution is 0.637. The molecule has 0 atom stereocenters. The van der Waals surface area contributed by atoms with Crippen molar-refractivity contribution in [2.24, 2.45) is 0 Å². The molecule has 0 unspecified atom stereocenters. The Balaban J connectivity index is 1.77. The van der Waals surface area contributed by atoms with Crippen LogP contribution in [0.5, 0.6) is 0 Å². The summed E-state index contributed by atoms with van der Waals surface area (Å²) >= 11 is 0. The van der Waals surface area contributed by atoms with Crippen LogP contribution in [0.3, 0.4) is 0 Å². The first-order valence-corrected chi connectivity index (χ1v) is 6.82. The van der Waals surface area contributed by atoms with E-state index in [1.807, 2.05) is 36.0 Å². The van der Waals surface area contributed by atoms with Gasteiger partial charge < -0.3 is 5.32 Å². The summed E-state index contributed by atoms with van der Waals surface area (Å²) in [5.74, 6) is 0. The van der Waals surface area contributed by atoms with Crippen LogP contribution in [0.25, 0.3) is 10.9 Å². The fourth-order valence-electron chi connectivity index (χ4n) is 2.35. The van der Waals surface area contributed by atoms with Crippen LogP contribution in [-0.4, -0.2) is 21.3 Å². The van der Waals surface area contributed by atoms with E-state index in [-0.39, 0.29) is 0 Å². The number of rotatable bonds is 4. The smallest absolute Gasteiger partial charge is 0.0725 e. The fraction of sp³-hybridized carbons (Fsp3) is 0.250. The zero-order chi connectivity index (χ0) is 13.9. The zero-order valence-electron chi connectivity index (χ0n) is 11.8. The molecule has 102 valence electrons. The van der Waals surface area contributed by atoms with Crippen molar-refractivity contribution < 1.29 is 0 Å². The summed E-state index contributed by atoms with van der Waals surface area (Å²) in [6, 6.07) is 10.3. The Morgan fingerprint density at radius 3 is 2.85 bits per heavy atom. The first kappa shape index (κ1) is 12.7. The van der Waals surface area contributed by atoms with Gasteiger partial charge in [-0.3, -0.25) is 9.67 Å². The number of aromatic nitrogens is 3. The molecule has 0 spiro atoms. The predicted octanol–water partition coefficient (Wildman–Crippen LogP) is 3.16. The zero-order valence-corrected chi connectivity index (χ0v) is 11.8. The topological polar surface area (TPSA) is 42.7 Å². The van der Waals surface area contributed by atoms with Crippen LogP contribution in [0, 0.1) is 13.8 Å². The molecule has 0 saturated carbocycles. The molecule has 0 aliphatic carbocycles.